The van der Waals surface area contributed by atoms with Crippen molar-refractivity contribution in [1.29, 1.82) is 0 Å². The van der Waals surface area contributed by atoms with E-state index in [2.05, 4.69) is 15.0 Å². The van der Waals surface area contributed by atoms with Crippen LogP contribution < -0.4 is 4.90 Å². The van der Waals surface area contributed by atoms with Gasteiger partial charge in [0.25, 0.3) is 0 Å². The van der Waals surface area contributed by atoms with Crippen LogP contribution >= 0.6 is 0 Å². The van der Waals surface area contributed by atoms with E-state index in [0.717, 1.165) is 29.8 Å². The fourth-order valence-electron chi connectivity index (χ4n) is 2.23. The average Bonchev–Trinajstić information content (AvgIpc) is 2.76. The highest BCUT2D eigenvalue weighted by molar-refractivity contribution is 5.87. The molecule has 0 bridgehead atoms. The number of H-pyrrole nitrogens is 1. The normalized spacial score (nSPS) is 21.6. The van der Waals surface area contributed by atoms with Gasteiger partial charge in [0.05, 0.1) is 11.9 Å². The van der Waals surface area contributed by atoms with Crippen LogP contribution in [-0.2, 0) is 0 Å². The predicted molar refractivity (Wildman–Crippen MR) is 60.2 cm³/mol. The number of aromatic amines is 1. The molecule has 2 aromatic heterocycles. The number of aromatic nitrogens is 3. The maximum atomic E-state index is 13.4. The molecule has 16 heavy (non-hydrogen) atoms. The molecule has 0 saturated carbocycles. The van der Waals surface area contributed by atoms with Gasteiger partial charge in [-0.3, -0.25) is 0 Å². The van der Waals surface area contributed by atoms with Crippen molar-refractivity contribution in [2.24, 2.45) is 0 Å². The highest BCUT2D eigenvalue weighted by Gasteiger charge is 2.21. The Balaban J connectivity index is 2.01. The quantitative estimate of drug-likeness (QED) is 0.798. The van der Waals surface area contributed by atoms with Crippen molar-refractivity contribution in [3.05, 3.63) is 18.6 Å². The van der Waals surface area contributed by atoms with E-state index < -0.39 is 6.17 Å². The molecule has 1 aliphatic rings. The van der Waals surface area contributed by atoms with E-state index in [4.69, 9.17) is 0 Å². The molecule has 2 aromatic rings. The molecule has 1 fully saturated rings. The standard InChI is InChI=1S/C11H13FN4/c12-8-2-1-5-16(6-8)11-9-3-4-13-10(9)14-7-15-11/h3-4,7-8H,1-2,5-6H2,(H,13,14,15)/t8-/m0/s1. The van der Waals surface area contributed by atoms with Gasteiger partial charge in [-0.25, -0.2) is 14.4 Å². The van der Waals surface area contributed by atoms with Crippen LogP contribution in [0.15, 0.2) is 18.6 Å². The van der Waals surface area contributed by atoms with Gasteiger partial charge in [-0.1, -0.05) is 0 Å². The minimum Gasteiger partial charge on any atom is -0.353 e. The van der Waals surface area contributed by atoms with Crippen molar-refractivity contribution in [3.63, 3.8) is 0 Å². The molecule has 3 rings (SSSR count). The van der Waals surface area contributed by atoms with Crippen molar-refractivity contribution >= 4 is 16.9 Å². The highest BCUT2D eigenvalue weighted by Crippen LogP contribution is 2.25. The molecule has 1 saturated heterocycles. The summed E-state index contributed by atoms with van der Waals surface area (Å²) in [6, 6.07) is 1.94. The first-order valence-corrected chi connectivity index (χ1v) is 5.52. The van der Waals surface area contributed by atoms with Gasteiger partial charge in [-0.2, -0.15) is 0 Å². The van der Waals surface area contributed by atoms with Gasteiger partial charge in [0.2, 0.25) is 0 Å². The van der Waals surface area contributed by atoms with Crippen molar-refractivity contribution in [1.82, 2.24) is 15.0 Å². The number of anilines is 1. The number of piperidine rings is 1. The Morgan fingerprint density at radius 3 is 3.25 bits per heavy atom. The van der Waals surface area contributed by atoms with Crippen molar-refractivity contribution in [2.45, 2.75) is 19.0 Å². The summed E-state index contributed by atoms with van der Waals surface area (Å²) in [5.74, 6) is 0.841. The smallest absolute Gasteiger partial charge is 0.142 e. The van der Waals surface area contributed by atoms with Crippen LogP contribution in [0.5, 0.6) is 0 Å². The molecule has 0 aromatic carbocycles. The van der Waals surface area contributed by atoms with Crippen LogP contribution in [0.2, 0.25) is 0 Å². The molecule has 0 aliphatic carbocycles. The van der Waals surface area contributed by atoms with Gasteiger partial charge in [0.15, 0.2) is 0 Å². The summed E-state index contributed by atoms with van der Waals surface area (Å²) >= 11 is 0. The molecule has 1 aliphatic heterocycles. The zero-order chi connectivity index (χ0) is 11.0. The summed E-state index contributed by atoms with van der Waals surface area (Å²) in [5.41, 5.74) is 0.811. The number of hydrogen-bond acceptors (Lipinski definition) is 3. The second kappa shape index (κ2) is 3.73. The van der Waals surface area contributed by atoms with E-state index in [9.17, 15) is 4.39 Å². The number of hydrogen-bond donors (Lipinski definition) is 1. The van der Waals surface area contributed by atoms with Crippen LogP contribution in [0.3, 0.4) is 0 Å². The monoisotopic (exact) mass is 220 g/mol. The summed E-state index contributed by atoms with van der Waals surface area (Å²) in [6.45, 7) is 1.31. The fraction of sp³-hybridized carbons (Fsp3) is 0.455. The molecule has 5 heteroatoms. The molecule has 0 radical (unpaired) electrons. The van der Waals surface area contributed by atoms with Crippen molar-refractivity contribution in [2.75, 3.05) is 18.0 Å². The van der Waals surface area contributed by atoms with E-state index in [-0.39, 0.29) is 0 Å². The third-order valence-electron chi connectivity index (χ3n) is 3.00. The summed E-state index contributed by atoms with van der Waals surface area (Å²) in [4.78, 5) is 13.4. The average molecular weight is 220 g/mol. The van der Waals surface area contributed by atoms with E-state index >= 15 is 0 Å². The first-order chi connectivity index (χ1) is 7.84. The fourth-order valence-corrected chi connectivity index (χ4v) is 2.23. The Morgan fingerprint density at radius 1 is 1.44 bits per heavy atom. The zero-order valence-corrected chi connectivity index (χ0v) is 8.86. The maximum Gasteiger partial charge on any atom is 0.142 e. The summed E-state index contributed by atoms with van der Waals surface area (Å²) in [7, 11) is 0. The van der Waals surface area contributed by atoms with Gasteiger partial charge in [-0.15, -0.1) is 0 Å². The van der Waals surface area contributed by atoms with E-state index in [0.29, 0.717) is 13.0 Å². The lowest BCUT2D eigenvalue weighted by molar-refractivity contribution is 0.286. The SMILES string of the molecule is F[C@H]1CCCN(c2ncnc3[nH]ccc23)C1. The number of nitrogens with zero attached hydrogens (tertiary/aromatic N) is 3. The van der Waals surface area contributed by atoms with Gasteiger partial charge in [-0.05, 0) is 18.9 Å². The van der Waals surface area contributed by atoms with Crippen LogP contribution in [0.4, 0.5) is 10.2 Å². The largest absolute Gasteiger partial charge is 0.353 e. The van der Waals surface area contributed by atoms with Crippen LogP contribution in [0.25, 0.3) is 11.0 Å². The zero-order valence-electron chi connectivity index (χ0n) is 8.86. The molecule has 0 spiro atoms. The molecule has 1 atom stereocenters. The van der Waals surface area contributed by atoms with Crippen molar-refractivity contribution < 1.29 is 4.39 Å². The van der Waals surface area contributed by atoms with Crippen LogP contribution in [-0.4, -0.2) is 34.2 Å². The minimum atomic E-state index is -0.738. The Morgan fingerprint density at radius 2 is 2.38 bits per heavy atom. The first kappa shape index (κ1) is 9.57. The summed E-state index contributed by atoms with van der Waals surface area (Å²) in [5, 5.41) is 0.969. The Hall–Kier alpha value is -1.65. The van der Waals surface area contributed by atoms with E-state index in [1.807, 2.05) is 17.2 Å². The van der Waals surface area contributed by atoms with Gasteiger partial charge in [0, 0.05) is 12.7 Å². The third kappa shape index (κ3) is 1.52. The second-order valence-corrected chi connectivity index (χ2v) is 4.12. The minimum absolute atomic E-state index is 0.442. The lowest BCUT2D eigenvalue weighted by atomic mass is 10.1. The molecule has 84 valence electrons. The number of nitrogens with one attached hydrogen (secondary N) is 1. The van der Waals surface area contributed by atoms with Gasteiger partial charge in [0.1, 0.15) is 24.0 Å². The van der Waals surface area contributed by atoms with Crippen molar-refractivity contribution in [3.8, 4) is 0 Å². The maximum absolute atomic E-state index is 13.4. The first-order valence-electron chi connectivity index (χ1n) is 5.52. The number of rotatable bonds is 1. The summed E-state index contributed by atoms with van der Waals surface area (Å²) < 4.78 is 13.4. The molecular formula is C11H13FN4. The lowest BCUT2D eigenvalue weighted by Gasteiger charge is -2.30. The molecule has 1 N–H and O–H groups in total. The van der Waals surface area contributed by atoms with Gasteiger partial charge >= 0.3 is 0 Å². The van der Waals surface area contributed by atoms with Crippen LogP contribution in [0, 0.1) is 0 Å². The number of halogens is 1. The Bertz CT molecular complexity index is 495. The number of alkyl halides is 1. The predicted octanol–water partition coefficient (Wildman–Crippen LogP) is 1.90. The number of fused-ring (bicyclic) bond motifs is 1. The third-order valence-corrected chi connectivity index (χ3v) is 3.00. The van der Waals surface area contributed by atoms with Gasteiger partial charge < -0.3 is 9.88 Å². The molecule has 0 amide bonds. The Kier molecular flexibility index (Phi) is 2.23. The Labute approximate surface area is 92.5 Å². The molecule has 4 nitrogen and oxygen atoms in total. The van der Waals surface area contributed by atoms with E-state index in [1.165, 1.54) is 6.33 Å². The van der Waals surface area contributed by atoms with E-state index in [1.54, 1.807) is 0 Å². The molecular weight excluding hydrogens is 207 g/mol. The molecule has 0 unspecified atom stereocenters. The topological polar surface area (TPSA) is 44.8 Å². The van der Waals surface area contributed by atoms with Crippen LogP contribution in [0.1, 0.15) is 12.8 Å². The lowest BCUT2D eigenvalue weighted by Crippen LogP contribution is -2.37. The second-order valence-electron chi connectivity index (χ2n) is 4.12. The summed E-state index contributed by atoms with van der Waals surface area (Å²) in [6.07, 6.45) is 4.17. The highest BCUT2D eigenvalue weighted by atomic mass is 19.1. The molecule has 3 heterocycles.